The minimum atomic E-state index is 0.812. The second-order valence-electron chi connectivity index (χ2n) is 12.6. The van der Waals surface area contributed by atoms with Crippen molar-refractivity contribution in [2.45, 2.75) is 0 Å². The van der Waals surface area contributed by atoms with E-state index in [1.807, 2.05) is 97.3 Å². The van der Waals surface area contributed by atoms with Gasteiger partial charge in [0.15, 0.2) is 0 Å². The van der Waals surface area contributed by atoms with Gasteiger partial charge in [0.05, 0.1) is 11.0 Å². The zero-order valence-corrected chi connectivity index (χ0v) is 28.2. The molecule has 0 bridgehead atoms. The Balaban J connectivity index is 0.962. The highest BCUT2D eigenvalue weighted by molar-refractivity contribution is 6.11. The molecule has 0 radical (unpaired) electrons. The van der Waals surface area contributed by atoms with Crippen molar-refractivity contribution in [2.24, 2.45) is 0 Å². The van der Waals surface area contributed by atoms with E-state index in [2.05, 4.69) is 97.1 Å². The number of pyridine rings is 2. The number of hydrogen-bond donors (Lipinski definition) is 0. The minimum absolute atomic E-state index is 0.812. The van der Waals surface area contributed by atoms with Gasteiger partial charge in [0.2, 0.25) is 0 Å². The van der Waals surface area contributed by atoms with Gasteiger partial charge in [-0.3, -0.25) is 9.97 Å². The van der Waals surface area contributed by atoms with Crippen LogP contribution in [0.2, 0.25) is 0 Å². The Morgan fingerprint density at radius 1 is 0.269 bits per heavy atom. The van der Waals surface area contributed by atoms with Crippen molar-refractivity contribution in [3.63, 3.8) is 0 Å². The first-order valence-electron chi connectivity index (χ1n) is 17.3. The van der Waals surface area contributed by atoms with Gasteiger partial charge in [0.1, 0.15) is 23.0 Å². The molecule has 9 aromatic rings. The summed E-state index contributed by atoms with van der Waals surface area (Å²) in [6, 6.07) is 62.0. The summed E-state index contributed by atoms with van der Waals surface area (Å²) in [6.45, 7) is 0. The van der Waals surface area contributed by atoms with E-state index in [9.17, 15) is 0 Å². The number of nitrogens with zero attached hydrogens (tertiary/aromatic N) is 2. The number of hydrogen-bond acceptors (Lipinski definition) is 4. The molecular weight excluding hydrogens is 637 g/mol. The van der Waals surface area contributed by atoms with Gasteiger partial charge in [-0.05, 0) is 105 Å². The van der Waals surface area contributed by atoms with Crippen LogP contribution < -0.4 is 9.47 Å². The average Bonchev–Trinajstić information content (AvgIpc) is 3.22. The summed E-state index contributed by atoms with van der Waals surface area (Å²) < 4.78 is 11.9. The van der Waals surface area contributed by atoms with E-state index in [-0.39, 0.29) is 0 Å². The predicted molar refractivity (Wildman–Crippen MR) is 212 cm³/mol. The molecular formula is C48H32N2O2. The highest BCUT2D eigenvalue weighted by atomic mass is 16.5. The van der Waals surface area contributed by atoms with Crippen molar-refractivity contribution in [1.82, 2.24) is 9.97 Å². The second-order valence-corrected chi connectivity index (χ2v) is 12.6. The van der Waals surface area contributed by atoms with Crippen molar-refractivity contribution >= 4 is 21.8 Å². The first-order chi connectivity index (χ1) is 25.7. The molecule has 2 heterocycles. The molecule has 9 rings (SSSR count). The number of benzene rings is 7. The molecule has 0 fully saturated rings. The Morgan fingerprint density at radius 2 is 0.577 bits per heavy atom. The smallest absolute Gasteiger partial charge is 0.127 e. The Morgan fingerprint density at radius 3 is 0.942 bits per heavy atom. The average molecular weight is 669 g/mol. The molecule has 0 aliphatic carbocycles. The third-order valence-electron chi connectivity index (χ3n) is 9.35. The SMILES string of the molecule is c1ccc(Oc2ccc(-c3ccc(-c4ccnc5c4ccc4c(-c6ccc(-c7ccc(Oc8ccccc8)cc7)cc6)ccnc45)cc3)cc2)cc1. The van der Waals surface area contributed by atoms with Crippen LogP contribution in [0.3, 0.4) is 0 Å². The summed E-state index contributed by atoms with van der Waals surface area (Å²) in [6.07, 6.45) is 3.77. The van der Waals surface area contributed by atoms with E-state index in [1.165, 1.54) is 0 Å². The zero-order valence-electron chi connectivity index (χ0n) is 28.2. The standard InChI is InChI=1S/C48H32N2O2/c1-3-7-39(8-4-1)51-41-23-19-35(20-24-41)33-11-15-37(16-12-33)43-29-31-49-47-45(43)27-28-46-44(30-32-50-48(46)47)38-17-13-34(14-18-38)36-21-25-42(26-22-36)52-40-9-5-2-6-10-40/h1-32H. The van der Waals surface area contributed by atoms with Crippen molar-refractivity contribution in [2.75, 3.05) is 0 Å². The van der Waals surface area contributed by atoms with E-state index in [1.54, 1.807) is 0 Å². The van der Waals surface area contributed by atoms with Crippen molar-refractivity contribution in [3.8, 4) is 67.5 Å². The van der Waals surface area contributed by atoms with Gasteiger partial charge in [0, 0.05) is 23.2 Å². The summed E-state index contributed by atoms with van der Waals surface area (Å²) in [5.74, 6) is 3.27. The number of aromatic nitrogens is 2. The van der Waals surface area contributed by atoms with Gasteiger partial charge < -0.3 is 9.47 Å². The quantitative estimate of drug-likeness (QED) is 0.151. The highest BCUT2D eigenvalue weighted by Gasteiger charge is 2.13. The van der Waals surface area contributed by atoms with Crippen LogP contribution in [0.1, 0.15) is 0 Å². The summed E-state index contributed by atoms with van der Waals surface area (Å²) in [7, 11) is 0. The van der Waals surface area contributed by atoms with E-state index < -0.39 is 0 Å². The number of rotatable bonds is 8. The predicted octanol–water partition coefficient (Wildman–Crippen LogP) is 13.0. The third kappa shape index (κ3) is 6.26. The lowest BCUT2D eigenvalue weighted by atomic mass is 9.95. The first-order valence-corrected chi connectivity index (χ1v) is 17.3. The molecule has 0 saturated carbocycles. The molecule has 0 N–H and O–H groups in total. The Hall–Kier alpha value is -7.04. The van der Waals surface area contributed by atoms with Crippen molar-refractivity contribution < 1.29 is 9.47 Å². The third-order valence-corrected chi connectivity index (χ3v) is 9.35. The summed E-state index contributed by atoms with van der Waals surface area (Å²) in [5.41, 5.74) is 10.9. The molecule has 7 aromatic carbocycles. The molecule has 0 unspecified atom stereocenters. The molecule has 4 nitrogen and oxygen atoms in total. The zero-order chi connectivity index (χ0) is 34.7. The Bertz CT molecular complexity index is 2430. The van der Waals surface area contributed by atoms with Gasteiger partial charge in [-0.1, -0.05) is 121 Å². The van der Waals surface area contributed by atoms with E-state index >= 15 is 0 Å². The van der Waals surface area contributed by atoms with Gasteiger partial charge in [-0.25, -0.2) is 0 Å². The molecule has 0 aliphatic heterocycles. The largest absolute Gasteiger partial charge is 0.457 e. The number of fused-ring (bicyclic) bond motifs is 3. The van der Waals surface area contributed by atoms with E-state index in [0.29, 0.717) is 0 Å². The molecule has 0 amide bonds. The van der Waals surface area contributed by atoms with Crippen LogP contribution in [0.15, 0.2) is 194 Å². The van der Waals surface area contributed by atoms with Crippen molar-refractivity contribution in [3.05, 3.63) is 194 Å². The lowest BCUT2D eigenvalue weighted by Crippen LogP contribution is -1.91. The maximum absolute atomic E-state index is 5.97. The van der Waals surface area contributed by atoms with Gasteiger partial charge in [-0.2, -0.15) is 0 Å². The Kier molecular flexibility index (Phi) is 8.16. The number of ether oxygens (including phenoxy) is 2. The van der Waals surface area contributed by atoms with Crippen LogP contribution in [0.25, 0.3) is 66.3 Å². The van der Waals surface area contributed by atoms with Crippen molar-refractivity contribution in [1.29, 1.82) is 0 Å². The lowest BCUT2D eigenvalue weighted by Gasteiger charge is -2.12. The normalized spacial score (nSPS) is 11.1. The van der Waals surface area contributed by atoms with Crippen LogP contribution in [0.5, 0.6) is 23.0 Å². The molecule has 0 atom stereocenters. The first kappa shape index (κ1) is 31.0. The number of para-hydroxylation sites is 2. The summed E-state index contributed by atoms with van der Waals surface area (Å²) >= 11 is 0. The van der Waals surface area contributed by atoms with Gasteiger partial charge in [0.25, 0.3) is 0 Å². The van der Waals surface area contributed by atoms with Gasteiger partial charge >= 0.3 is 0 Å². The lowest BCUT2D eigenvalue weighted by molar-refractivity contribution is 0.482. The summed E-state index contributed by atoms with van der Waals surface area (Å²) in [4.78, 5) is 9.67. The fraction of sp³-hybridized carbons (Fsp3) is 0. The molecule has 0 aliphatic rings. The second kappa shape index (κ2) is 13.7. The molecule has 2 aromatic heterocycles. The van der Waals surface area contributed by atoms with Crippen LogP contribution in [0.4, 0.5) is 0 Å². The van der Waals surface area contributed by atoms with Crippen LogP contribution in [0, 0.1) is 0 Å². The van der Waals surface area contributed by atoms with E-state index in [0.717, 1.165) is 89.3 Å². The fourth-order valence-corrected chi connectivity index (χ4v) is 6.70. The summed E-state index contributed by atoms with van der Waals surface area (Å²) in [5, 5.41) is 2.15. The van der Waals surface area contributed by atoms with Crippen LogP contribution in [-0.2, 0) is 0 Å². The highest BCUT2D eigenvalue weighted by Crippen LogP contribution is 2.37. The molecule has 246 valence electrons. The maximum Gasteiger partial charge on any atom is 0.127 e. The van der Waals surface area contributed by atoms with Crippen LogP contribution in [-0.4, -0.2) is 9.97 Å². The Labute approximate surface area is 302 Å². The van der Waals surface area contributed by atoms with Gasteiger partial charge in [-0.15, -0.1) is 0 Å². The minimum Gasteiger partial charge on any atom is -0.457 e. The molecule has 52 heavy (non-hydrogen) atoms. The molecule has 0 spiro atoms. The fourth-order valence-electron chi connectivity index (χ4n) is 6.70. The maximum atomic E-state index is 5.97. The molecule has 0 saturated heterocycles. The molecule has 4 heteroatoms. The topological polar surface area (TPSA) is 44.2 Å². The van der Waals surface area contributed by atoms with E-state index in [4.69, 9.17) is 19.4 Å². The monoisotopic (exact) mass is 668 g/mol. The van der Waals surface area contributed by atoms with Crippen LogP contribution >= 0.6 is 0 Å².